The molecule has 0 bridgehead atoms. The molecule has 0 aliphatic rings. The summed E-state index contributed by atoms with van der Waals surface area (Å²) in [4.78, 5) is 0. The van der Waals surface area contributed by atoms with Crippen molar-refractivity contribution in [1.82, 2.24) is 0 Å². The van der Waals surface area contributed by atoms with E-state index in [2.05, 4.69) is 24.8 Å². The van der Waals surface area contributed by atoms with Crippen LogP contribution in [0.4, 0.5) is 0 Å². The molecule has 0 aliphatic heterocycles. The molecule has 0 aromatic heterocycles. The standard InChI is InChI=1S/C7H8S.Pb/c8-6-7-4-2-1-3-5-7;/h1-5,8H,6H2;. The number of hydrogen-bond donors (Lipinski definition) is 1. The summed E-state index contributed by atoms with van der Waals surface area (Å²) in [5.74, 6) is 0.834. The van der Waals surface area contributed by atoms with Crippen LogP contribution in [0.25, 0.3) is 0 Å². The summed E-state index contributed by atoms with van der Waals surface area (Å²) >= 11 is 4.11. The van der Waals surface area contributed by atoms with E-state index in [9.17, 15) is 0 Å². The second kappa shape index (κ2) is 5.29. The second-order valence-corrected chi connectivity index (χ2v) is 1.96. The molecule has 2 heteroatoms. The topological polar surface area (TPSA) is 0 Å². The minimum absolute atomic E-state index is 0. The summed E-state index contributed by atoms with van der Waals surface area (Å²) in [5.41, 5.74) is 1.27. The van der Waals surface area contributed by atoms with E-state index < -0.39 is 0 Å². The summed E-state index contributed by atoms with van der Waals surface area (Å²) in [6, 6.07) is 10.2. The average molecular weight is 331 g/mol. The van der Waals surface area contributed by atoms with Gasteiger partial charge in [0.25, 0.3) is 0 Å². The summed E-state index contributed by atoms with van der Waals surface area (Å²) < 4.78 is 0. The van der Waals surface area contributed by atoms with Crippen molar-refractivity contribution < 1.29 is 0 Å². The number of thiol groups is 1. The minimum Gasteiger partial charge on any atom is -0.175 e. The summed E-state index contributed by atoms with van der Waals surface area (Å²) in [6.07, 6.45) is 0. The van der Waals surface area contributed by atoms with Crippen molar-refractivity contribution in [1.29, 1.82) is 0 Å². The van der Waals surface area contributed by atoms with E-state index >= 15 is 0 Å². The zero-order valence-corrected chi connectivity index (χ0v) is 9.82. The monoisotopic (exact) mass is 332 g/mol. The molecule has 9 heavy (non-hydrogen) atoms. The van der Waals surface area contributed by atoms with E-state index in [1.165, 1.54) is 5.56 Å². The van der Waals surface area contributed by atoms with Crippen molar-refractivity contribution in [2.75, 3.05) is 0 Å². The third-order valence-electron chi connectivity index (χ3n) is 1.03. The normalized spacial score (nSPS) is 8.11. The van der Waals surface area contributed by atoms with Crippen molar-refractivity contribution in [2.45, 2.75) is 5.75 Å². The molecule has 0 atom stereocenters. The van der Waals surface area contributed by atoms with Crippen LogP contribution < -0.4 is 0 Å². The quantitative estimate of drug-likeness (QED) is 0.588. The van der Waals surface area contributed by atoms with Crippen LogP contribution in [0, 0.1) is 0 Å². The van der Waals surface area contributed by atoms with Crippen molar-refractivity contribution in [3.05, 3.63) is 35.9 Å². The fourth-order valence-electron chi connectivity index (χ4n) is 0.583. The molecule has 1 aromatic rings. The fraction of sp³-hybridized carbons (Fsp3) is 0.143. The van der Waals surface area contributed by atoms with Gasteiger partial charge in [-0.05, 0) is 5.56 Å². The number of hydrogen-bond acceptors (Lipinski definition) is 1. The van der Waals surface area contributed by atoms with Gasteiger partial charge in [0.2, 0.25) is 0 Å². The van der Waals surface area contributed by atoms with Crippen LogP contribution in [0.5, 0.6) is 0 Å². The molecule has 0 saturated heterocycles. The van der Waals surface area contributed by atoms with E-state index in [1.54, 1.807) is 0 Å². The third kappa shape index (κ3) is 3.25. The van der Waals surface area contributed by atoms with Gasteiger partial charge in [-0.15, -0.1) is 0 Å². The maximum atomic E-state index is 4.11. The summed E-state index contributed by atoms with van der Waals surface area (Å²) in [5, 5.41) is 0. The van der Waals surface area contributed by atoms with E-state index in [-0.39, 0.29) is 27.3 Å². The molecule has 46 valence electrons. The van der Waals surface area contributed by atoms with Gasteiger partial charge in [0.1, 0.15) is 0 Å². The van der Waals surface area contributed by atoms with Crippen molar-refractivity contribution >= 4 is 39.9 Å². The van der Waals surface area contributed by atoms with E-state index in [1.807, 2.05) is 18.2 Å². The van der Waals surface area contributed by atoms with Gasteiger partial charge in [0.15, 0.2) is 0 Å². The first-order valence-corrected chi connectivity index (χ1v) is 3.21. The Morgan fingerprint density at radius 1 is 1.11 bits per heavy atom. The molecule has 1 aromatic carbocycles. The molecule has 0 heterocycles. The third-order valence-corrected chi connectivity index (χ3v) is 1.39. The number of rotatable bonds is 1. The van der Waals surface area contributed by atoms with Gasteiger partial charge < -0.3 is 0 Å². The van der Waals surface area contributed by atoms with Gasteiger partial charge in [-0.2, -0.15) is 12.6 Å². The maximum absolute atomic E-state index is 4.11. The van der Waals surface area contributed by atoms with Crippen LogP contribution in [0.3, 0.4) is 0 Å². The van der Waals surface area contributed by atoms with Crippen LogP contribution in [0.1, 0.15) is 5.56 Å². The van der Waals surface area contributed by atoms with E-state index in [0.717, 1.165) is 5.75 Å². The largest absolute Gasteiger partial charge is 0.175 e. The minimum atomic E-state index is 0. The smallest absolute Gasteiger partial charge is 0.0154 e. The summed E-state index contributed by atoms with van der Waals surface area (Å²) in [7, 11) is 0. The van der Waals surface area contributed by atoms with Gasteiger partial charge in [-0.1, -0.05) is 30.3 Å². The molecule has 0 aliphatic carbocycles. The molecule has 0 spiro atoms. The Hall–Kier alpha value is 0.492. The SMILES string of the molecule is SCc1ccccc1.[Pb]. The predicted molar refractivity (Wildman–Crippen MR) is 44.9 cm³/mol. The van der Waals surface area contributed by atoms with E-state index in [0.29, 0.717) is 0 Å². The molecule has 0 fully saturated rings. The van der Waals surface area contributed by atoms with Gasteiger partial charge in [0, 0.05) is 33.1 Å². The van der Waals surface area contributed by atoms with Crippen molar-refractivity contribution in [2.24, 2.45) is 0 Å². The molecular weight excluding hydrogens is 323 g/mol. The fourth-order valence-corrected chi connectivity index (χ4v) is 0.794. The Morgan fingerprint density at radius 2 is 1.67 bits per heavy atom. The molecule has 0 saturated carbocycles. The summed E-state index contributed by atoms with van der Waals surface area (Å²) in [6.45, 7) is 0. The molecule has 0 nitrogen and oxygen atoms in total. The maximum Gasteiger partial charge on any atom is 0.0154 e. The molecule has 0 amide bonds. The average Bonchev–Trinajstić information content (AvgIpc) is 1.90. The first kappa shape index (κ1) is 9.49. The molecule has 0 unspecified atom stereocenters. The second-order valence-electron chi connectivity index (χ2n) is 1.64. The molecule has 1 rings (SSSR count). The Labute approximate surface area is 81.2 Å². The van der Waals surface area contributed by atoms with Crippen LogP contribution >= 0.6 is 12.6 Å². The van der Waals surface area contributed by atoms with Crippen LogP contribution in [-0.2, 0) is 5.75 Å². The van der Waals surface area contributed by atoms with Gasteiger partial charge in [0.05, 0.1) is 0 Å². The van der Waals surface area contributed by atoms with Gasteiger partial charge in [-0.3, -0.25) is 0 Å². The zero-order valence-electron chi connectivity index (χ0n) is 5.04. The first-order valence-electron chi connectivity index (χ1n) is 2.58. The van der Waals surface area contributed by atoms with Crippen molar-refractivity contribution in [3.8, 4) is 0 Å². The number of benzene rings is 1. The first-order chi connectivity index (χ1) is 3.93. The molecular formula is C7H8PbS. The molecule has 4 radical (unpaired) electrons. The van der Waals surface area contributed by atoms with Crippen LogP contribution in [-0.4, -0.2) is 27.3 Å². The zero-order chi connectivity index (χ0) is 5.82. The van der Waals surface area contributed by atoms with Gasteiger partial charge in [-0.25, -0.2) is 0 Å². The van der Waals surface area contributed by atoms with Crippen LogP contribution in [0.15, 0.2) is 30.3 Å². The Kier molecular flexibility index (Phi) is 5.58. The van der Waals surface area contributed by atoms with Crippen LogP contribution in [0.2, 0.25) is 0 Å². The Bertz CT molecular complexity index is 150. The predicted octanol–water partition coefficient (Wildman–Crippen LogP) is 1.74. The Balaban J connectivity index is 0.000000640. The Morgan fingerprint density at radius 3 is 2.00 bits per heavy atom. The van der Waals surface area contributed by atoms with E-state index in [4.69, 9.17) is 0 Å². The van der Waals surface area contributed by atoms with Crippen molar-refractivity contribution in [3.63, 3.8) is 0 Å². The van der Waals surface area contributed by atoms with Gasteiger partial charge >= 0.3 is 0 Å². The molecule has 0 N–H and O–H groups in total.